The molecule has 1 amide bonds. The quantitative estimate of drug-likeness (QED) is 0.789. The molecule has 1 atom stereocenters. The number of ether oxygens (including phenoxy) is 1. The smallest absolute Gasteiger partial charge is 0.339 e. The van der Waals surface area contributed by atoms with Crippen molar-refractivity contribution in [2.24, 2.45) is 0 Å². The molecule has 0 radical (unpaired) electrons. The number of aromatic amines is 1. The molecule has 3 aromatic rings. The van der Waals surface area contributed by atoms with Crippen molar-refractivity contribution in [3.63, 3.8) is 0 Å². The first-order valence-electron chi connectivity index (χ1n) is 8.09. The van der Waals surface area contributed by atoms with Gasteiger partial charge in [-0.3, -0.25) is 4.79 Å². The van der Waals surface area contributed by atoms with E-state index in [9.17, 15) is 9.59 Å². The highest BCUT2D eigenvalue weighted by Gasteiger charge is 2.28. The van der Waals surface area contributed by atoms with Gasteiger partial charge >= 0.3 is 5.63 Å². The average Bonchev–Trinajstić information content (AvgIpc) is 3.21. The largest absolute Gasteiger partial charge is 0.488 e. The minimum Gasteiger partial charge on any atom is -0.488 e. The van der Waals surface area contributed by atoms with Gasteiger partial charge in [-0.25, -0.2) is 9.78 Å². The highest BCUT2D eigenvalue weighted by Crippen LogP contribution is 2.21. The van der Waals surface area contributed by atoms with Crippen LogP contribution in [0.5, 0.6) is 5.75 Å². The fourth-order valence-electron chi connectivity index (χ4n) is 3.10. The molecule has 3 heterocycles. The molecule has 0 spiro atoms. The number of imidazole rings is 1. The van der Waals surface area contributed by atoms with Gasteiger partial charge in [0.1, 0.15) is 17.6 Å². The summed E-state index contributed by atoms with van der Waals surface area (Å²) in [5, 5.41) is 0. The number of likely N-dealkylation sites (tertiary alicyclic amines) is 1. The van der Waals surface area contributed by atoms with Crippen LogP contribution in [0.2, 0.25) is 0 Å². The van der Waals surface area contributed by atoms with Crippen LogP contribution in [0.15, 0.2) is 45.9 Å². The number of aromatic nitrogens is 2. The number of hydrogen-bond donors (Lipinski definition) is 1. The van der Waals surface area contributed by atoms with Crippen LogP contribution in [0.1, 0.15) is 22.5 Å². The molecule has 0 bridgehead atoms. The molecule has 4 rings (SSSR count). The Morgan fingerprint density at radius 2 is 2.24 bits per heavy atom. The summed E-state index contributed by atoms with van der Waals surface area (Å²) in [6, 6.07) is 8.42. The zero-order valence-electron chi connectivity index (χ0n) is 13.7. The van der Waals surface area contributed by atoms with Crippen molar-refractivity contribution < 1.29 is 13.9 Å². The van der Waals surface area contributed by atoms with Crippen molar-refractivity contribution in [1.82, 2.24) is 14.9 Å². The van der Waals surface area contributed by atoms with Crippen LogP contribution >= 0.6 is 0 Å². The van der Waals surface area contributed by atoms with E-state index in [4.69, 9.17) is 9.15 Å². The number of carbonyl (C=O) groups is 1. The van der Waals surface area contributed by atoms with Crippen LogP contribution in [-0.4, -0.2) is 40.0 Å². The van der Waals surface area contributed by atoms with Crippen molar-refractivity contribution in [3.05, 3.63) is 58.4 Å². The van der Waals surface area contributed by atoms with Gasteiger partial charge in [0.25, 0.3) is 5.91 Å². The normalized spacial score (nSPS) is 17.2. The lowest BCUT2D eigenvalue weighted by Crippen LogP contribution is -2.31. The van der Waals surface area contributed by atoms with Crippen molar-refractivity contribution in [3.8, 4) is 5.75 Å². The summed E-state index contributed by atoms with van der Waals surface area (Å²) >= 11 is 0. The number of fused-ring (bicyclic) bond motifs is 1. The predicted molar refractivity (Wildman–Crippen MR) is 90.7 cm³/mol. The Balaban J connectivity index is 1.46. The minimum absolute atomic E-state index is 0.0358. The molecule has 7 nitrogen and oxygen atoms in total. The number of carbonyl (C=O) groups excluding carboxylic acids is 1. The number of nitrogens with zero attached hydrogens (tertiary/aromatic N) is 2. The van der Waals surface area contributed by atoms with E-state index in [1.807, 2.05) is 12.1 Å². The third-order valence-electron chi connectivity index (χ3n) is 4.27. The second kappa shape index (κ2) is 6.08. The Bertz CT molecular complexity index is 991. The van der Waals surface area contributed by atoms with Gasteiger partial charge in [0.2, 0.25) is 0 Å². The lowest BCUT2D eigenvalue weighted by atomic mass is 10.2. The zero-order chi connectivity index (χ0) is 17.4. The number of amides is 1. The standard InChI is InChI=1S/C18H17N3O4/c1-11-6-14(8-17(22)24-11)25-13-4-5-21(9-13)18(23)12-2-3-15-16(7-12)20-10-19-15/h2-3,6-8,10,13H,4-5,9H2,1H3,(H,19,20). The summed E-state index contributed by atoms with van der Waals surface area (Å²) in [5.74, 6) is 0.944. The Labute approximate surface area is 143 Å². The fraction of sp³-hybridized carbons (Fsp3) is 0.278. The maximum absolute atomic E-state index is 12.7. The first-order chi connectivity index (χ1) is 12.1. The van der Waals surface area contributed by atoms with Crippen LogP contribution in [-0.2, 0) is 0 Å². The van der Waals surface area contributed by atoms with Crippen LogP contribution in [0, 0.1) is 6.92 Å². The predicted octanol–water partition coefficient (Wildman–Crippen LogP) is 2.12. The zero-order valence-corrected chi connectivity index (χ0v) is 13.7. The van der Waals surface area contributed by atoms with E-state index in [2.05, 4.69) is 9.97 Å². The molecule has 2 aromatic heterocycles. The molecule has 1 aliphatic rings. The maximum atomic E-state index is 12.7. The van der Waals surface area contributed by atoms with Gasteiger partial charge in [-0.1, -0.05) is 0 Å². The molecule has 1 aromatic carbocycles. The number of aryl methyl sites for hydroxylation is 1. The SMILES string of the molecule is Cc1cc(OC2CCN(C(=O)c3ccc4nc[nH]c4c3)C2)cc(=O)o1. The summed E-state index contributed by atoms with van der Waals surface area (Å²) < 4.78 is 10.8. The number of rotatable bonds is 3. The summed E-state index contributed by atoms with van der Waals surface area (Å²) in [7, 11) is 0. The van der Waals surface area contributed by atoms with Gasteiger partial charge in [-0.2, -0.15) is 0 Å². The van der Waals surface area contributed by atoms with Gasteiger partial charge in [0.15, 0.2) is 0 Å². The molecule has 7 heteroatoms. The van der Waals surface area contributed by atoms with Gasteiger partial charge in [0, 0.05) is 24.6 Å². The monoisotopic (exact) mass is 339 g/mol. The number of H-pyrrole nitrogens is 1. The molecule has 0 aliphatic carbocycles. The van der Waals surface area contributed by atoms with E-state index in [1.165, 1.54) is 6.07 Å². The van der Waals surface area contributed by atoms with E-state index in [-0.39, 0.29) is 12.0 Å². The second-order valence-electron chi connectivity index (χ2n) is 6.14. The summed E-state index contributed by atoms with van der Waals surface area (Å²) in [4.78, 5) is 33.0. The molecular formula is C18H17N3O4. The third kappa shape index (κ3) is 3.13. The molecule has 1 saturated heterocycles. The molecule has 128 valence electrons. The van der Waals surface area contributed by atoms with Gasteiger partial charge in [-0.05, 0) is 25.1 Å². The van der Waals surface area contributed by atoms with Crippen molar-refractivity contribution >= 4 is 16.9 Å². The average molecular weight is 339 g/mol. The molecular weight excluding hydrogens is 322 g/mol. The Hall–Kier alpha value is -3.09. The van der Waals surface area contributed by atoms with Crippen LogP contribution < -0.4 is 10.4 Å². The molecule has 0 saturated carbocycles. The second-order valence-corrected chi connectivity index (χ2v) is 6.14. The number of hydrogen-bond acceptors (Lipinski definition) is 5. The molecule has 1 aliphatic heterocycles. The van der Waals surface area contributed by atoms with Crippen molar-refractivity contribution in [2.75, 3.05) is 13.1 Å². The van der Waals surface area contributed by atoms with E-state index < -0.39 is 5.63 Å². The van der Waals surface area contributed by atoms with E-state index >= 15 is 0 Å². The summed E-state index contributed by atoms with van der Waals surface area (Å²) in [6.07, 6.45) is 2.19. The Morgan fingerprint density at radius 3 is 3.08 bits per heavy atom. The first kappa shape index (κ1) is 15.4. The van der Waals surface area contributed by atoms with Crippen molar-refractivity contribution in [1.29, 1.82) is 0 Å². The topological polar surface area (TPSA) is 88.4 Å². The lowest BCUT2D eigenvalue weighted by molar-refractivity contribution is 0.0772. The maximum Gasteiger partial charge on any atom is 0.339 e. The van der Waals surface area contributed by atoms with E-state index in [0.29, 0.717) is 30.2 Å². The van der Waals surface area contributed by atoms with E-state index in [1.54, 1.807) is 30.3 Å². The van der Waals surface area contributed by atoms with Crippen LogP contribution in [0.4, 0.5) is 0 Å². The minimum atomic E-state index is -0.436. The van der Waals surface area contributed by atoms with Gasteiger partial charge in [0.05, 0.1) is 30.0 Å². The van der Waals surface area contributed by atoms with E-state index in [0.717, 1.165) is 17.5 Å². The van der Waals surface area contributed by atoms with Crippen LogP contribution in [0.25, 0.3) is 11.0 Å². The molecule has 1 N–H and O–H groups in total. The van der Waals surface area contributed by atoms with Gasteiger partial charge < -0.3 is 19.0 Å². The highest BCUT2D eigenvalue weighted by molar-refractivity contribution is 5.97. The lowest BCUT2D eigenvalue weighted by Gasteiger charge is -2.17. The Kier molecular flexibility index (Phi) is 3.76. The van der Waals surface area contributed by atoms with Gasteiger partial charge in [-0.15, -0.1) is 0 Å². The number of nitrogens with one attached hydrogen (secondary N) is 1. The third-order valence-corrected chi connectivity index (χ3v) is 4.27. The van der Waals surface area contributed by atoms with Crippen LogP contribution in [0.3, 0.4) is 0 Å². The number of benzene rings is 1. The molecule has 25 heavy (non-hydrogen) atoms. The molecule has 1 fully saturated rings. The summed E-state index contributed by atoms with van der Waals surface area (Å²) in [6.45, 7) is 2.80. The fourth-order valence-corrected chi connectivity index (χ4v) is 3.10. The first-order valence-corrected chi connectivity index (χ1v) is 8.09. The Morgan fingerprint density at radius 1 is 1.36 bits per heavy atom. The molecule has 1 unspecified atom stereocenters. The highest BCUT2D eigenvalue weighted by atomic mass is 16.5. The summed E-state index contributed by atoms with van der Waals surface area (Å²) in [5.41, 5.74) is 1.85. The van der Waals surface area contributed by atoms with Crippen molar-refractivity contribution in [2.45, 2.75) is 19.4 Å².